The maximum atomic E-state index is 14.8. The average molecular weight is 1120 g/mol. The fourth-order valence-corrected chi connectivity index (χ4v) is 15.3. The molecular weight excluding hydrogens is 1020 g/mol. The van der Waals surface area contributed by atoms with E-state index in [2.05, 4.69) is 62.0 Å². The van der Waals surface area contributed by atoms with Gasteiger partial charge in [0, 0.05) is 32.5 Å². The molecule has 0 radical (unpaired) electrons. The minimum Gasteiger partial charge on any atom is -0.508 e. The Morgan fingerprint density at radius 2 is 1.48 bits per heavy atom. The fourth-order valence-electron chi connectivity index (χ4n) is 15.3. The molecule has 6 amide bonds. The molecule has 14 atom stereocenters. The number of allylic oxidation sites excluding steroid dienone is 1. The van der Waals surface area contributed by atoms with Gasteiger partial charge in [0.05, 0.1) is 6.10 Å². The molecule has 2 heterocycles. The van der Waals surface area contributed by atoms with Crippen molar-refractivity contribution in [1.82, 2.24) is 31.1 Å². The van der Waals surface area contributed by atoms with E-state index in [1.54, 1.807) is 32.9 Å². The van der Waals surface area contributed by atoms with Crippen molar-refractivity contribution in [3.8, 4) is 5.75 Å². The molecule has 80 heavy (non-hydrogen) atoms. The Hall–Kier alpha value is -5.39. The molecule has 7 N–H and O–H groups in total. The maximum Gasteiger partial charge on any atom is 0.407 e. The number of amides is 6. The summed E-state index contributed by atoms with van der Waals surface area (Å²) in [7, 11) is 0. The number of phenols is 1. The van der Waals surface area contributed by atoms with Crippen LogP contribution in [0.4, 0.5) is 9.59 Å². The molecule has 7 rings (SSSR count). The lowest BCUT2D eigenvalue weighted by Crippen LogP contribution is -2.59. The van der Waals surface area contributed by atoms with Gasteiger partial charge in [0.2, 0.25) is 23.6 Å². The predicted octanol–water partition coefficient (Wildman–Crippen LogP) is 8.55. The Bertz CT molecular complexity index is 2390. The van der Waals surface area contributed by atoms with E-state index in [9.17, 15) is 48.9 Å². The van der Waals surface area contributed by atoms with Crippen LogP contribution in [0.25, 0.3) is 0 Å². The van der Waals surface area contributed by atoms with E-state index in [0.717, 1.165) is 36.5 Å². The molecule has 4 aliphatic carbocycles. The number of aliphatic hydroxyl groups is 1. The van der Waals surface area contributed by atoms with Crippen molar-refractivity contribution >= 4 is 41.8 Å². The highest BCUT2D eigenvalue weighted by molar-refractivity contribution is 5.96. The predicted molar refractivity (Wildman–Crippen MR) is 303 cm³/mol. The second-order valence-electron chi connectivity index (χ2n) is 26.6. The van der Waals surface area contributed by atoms with Gasteiger partial charge in [-0.15, -0.1) is 0 Å². The summed E-state index contributed by atoms with van der Waals surface area (Å²) < 4.78 is 11.8. The number of carboxylic acid groups (broad SMARTS) is 1. The summed E-state index contributed by atoms with van der Waals surface area (Å²) in [5.74, 6) is 1.13. The number of rotatable bonds is 22. The largest absolute Gasteiger partial charge is 0.508 e. The van der Waals surface area contributed by atoms with Crippen molar-refractivity contribution in [1.29, 1.82) is 0 Å². The first-order chi connectivity index (χ1) is 37.8. The summed E-state index contributed by atoms with van der Waals surface area (Å²) in [5, 5.41) is 40.4. The number of alkyl carbamates (subject to hydrolysis) is 1. The van der Waals surface area contributed by atoms with Gasteiger partial charge < -0.3 is 55.9 Å². The van der Waals surface area contributed by atoms with Crippen molar-refractivity contribution < 1.29 is 58.4 Å². The number of esters is 1. The summed E-state index contributed by atoms with van der Waals surface area (Å²) in [6.45, 7) is 19.5. The summed E-state index contributed by atoms with van der Waals surface area (Å²) in [6, 6.07) is 0.339. The number of hydrogen-bond donors (Lipinski definition) is 7. The highest BCUT2D eigenvalue weighted by Gasteiger charge is 2.59. The van der Waals surface area contributed by atoms with Crippen LogP contribution in [0.15, 0.2) is 35.9 Å². The topological polar surface area (TPSA) is 253 Å². The number of fused-ring (bicyclic) bond motifs is 5. The van der Waals surface area contributed by atoms with Gasteiger partial charge in [-0.25, -0.2) is 14.4 Å². The van der Waals surface area contributed by atoms with Gasteiger partial charge in [0.15, 0.2) is 0 Å². The average Bonchev–Trinajstić information content (AvgIpc) is 4.24. The van der Waals surface area contributed by atoms with Crippen molar-refractivity contribution in [2.45, 2.75) is 232 Å². The molecule has 3 saturated carbocycles. The minimum absolute atomic E-state index is 0.00856. The quantitative estimate of drug-likeness (QED) is 0.0328. The SMILES string of the molecule is CC(C)CCCC(C)[C@H]1CC[C@H]2[C@@H]3CC=C4C[C@@H](OC(=O)[C@H](CCCCNC(=O)OC(C)(C)C)NC(=O)[C@H](Cc5ccc(O)cc5)NC(=O)[C@@H]5CCCN5C(=O)[C@@H]5CCCN5C(=O)[C@@H](NC(=O)O)[C@@H](C)O)CC[C@]4(C)[C@H]3CC[C@]12C. The zero-order valence-electron chi connectivity index (χ0n) is 49.4. The number of aliphatic hydroxyl groups excluding tert-OH is 1. The first kappa shape index (κ1) is 62.2. The Kier molecular flexibility index (Phi) is 20.7. The third-order valence-electron chi connectivity index (χ3n) is 19.4. The normalized spacial score (nSPS) is 29.1. The lowest BCUT2D eigenvalue weighted by Gasteiger charge is -2.58. The van der Waals surface area contributed by atoms with Gasteiger partial charge in [0.1, 0.15) is 47.7 Å². The van der Waals surface area contributed by atoms with Crippen LogP contribution in [0.1, 0.15) is 183 Å². The van der Waals surface area contributed by atoms with Crippen LogP contribution in [-0.4, -0.2) is 135 Å². The highest BCUT2D eigenvalue weighted by atomic mass is 16.6. The molecule has 1 unspecified atom stereocenters. The molecule has 1 aromatic rings. The van der Waals surface area contributed by atoms with Crippen LogP contribution >= 0.6 is 0 Å². The first-order valence-electron chi connectivity index (χ1n) is 30.3. The number of aromatic hydroxyl groups is 1. The van der Waals surface area contributed by atoms with Gasteiger partial charge in [-0.2, -0.15) is 0 Å². The van der Waals surface area contributed by atoms with Crippen LogP contribution in [0, 0.1) is 46.3 Å². The minimum atomic E-state index is -1.50. The molecule has 2 saturated heterocycles. The van der Waals surface area contributed by atoms with E-state index in [1.807, 2.05) is 0 Å². The van der Waals surface area contributed by atoms with Crippen molar-refractivity contribution in [3.05, 3.63) is 41.5 Å². The third kappa shape index (κ3) is 15.0. The Labute approximate surface area is 475 Å². The van der Waals surface area contributed by atoms with Crippen molar-refractivity contribution in [2.75, 3.05) is 19.6 Å². The van der Waals surface area contributed by atoms with Crippen molar-refractivity contribution in [3.63, 3.8) is 0 Å². The van der Waals surface area contributed by atoms with Gasteiger partial charge in [-0.05, 0) is 182 Å². The number of carbonyl (C=O) groups is 7. The lowest BCUT2D eigenvalue weighted by molar-refractivity contribution is -0.155. The number of likely N-dealkylation sites (tertiary alicyclic amines) is 2. The summed E-state index contributed by atoms with van der Waals surface area (Å²) in [6.07, 6.45) is 13.5. The van der Waals surface area contributed by atoms with Crippen LogP contribution in [0.5, 0.6) is 5.75 Å². The number of nitrogens with one attached hydrogen (secondary N) is 4. The molecule has 18 heteroatoms. The molecule has 1 aromatic carbocycles. The van der Waals surface area contributed by atoms with E-state index >= 15 is 0 Å². The van der Waals surface area contributed by atoms with Crippen LogP contribution in [0.2, 0.25) is 0 Å². The molecule has 446 valence electrons. The zero-order valence-corrected chi connectivity index (χ0v) is 49.4. The second-order valence-corrected chi connectivity index (χ2v) is 26.6. The van der Waals surface area contributed by atoms with Gasteiger partial charge in [-0.3, -0.25) is 19.2 Å². The fraction of sp³-hybridized carbons (Fsp3) is 0.758. The summed E-state index contributed by atoms with van der Waals surface area (Å²) in [4.78, 5) is 98.4. The van der Waals surface area contributed by atoms with E-state index in [0.29, 0.717) is 61.3 Å². The smallest absolute Gasteiger partial charge is 0.407 e. The Morgan fingerprint density at radius 1 is 0.775 bits per heavy atom. The third-order valence-corrected chi connectivity index (χ3v) is 19.4. The summed E-state index contributed by atoms with van der Waals surface area (Å²) >= 11 is 0. The number of hydrogen-bond acceptors (Lipinski definition) is 11. The maximum absolute atomic E-state index is 14.8. The number of unbranched alkanes of at least 4 members (excludes halogenated alkanes) is 1. The Morgan fingerprint density at radius 3 is 2.15 bits per heavy atom. The Balaban J connectivity index is 1.05. The molecule has 0 bridgehead atoms. The zero-order chi connectivity index (χ0) is 58.3. The van der Waals surface area contributed by atoms with Crippen molar-refractivity contribution in [2.24, 2.45) is 46.3 Å². The van der Waals surface area contributed by atoms with Gasteiger partial charge in [0.25, 0.3) is 0 Å². The first-order valence-corrected chi connectivity index (χ1v) is 30.3. The highest BCUT2D eigenvalue weighted by Crippen LogP contribution is 2.67. The van der Waals surface area contributed by atoms with Crippen LogP contribution in [-0.2, 0) is 39.9 Å². The number of ether oxygens (including phenoxy) is 2. The molecule has 0 aromatic heterocycles. The van der Waals surface area contributed by atoms with Gasteiger partial charge in [-0.1, -0.05) is 77.7 Å². The van der Waals surface area contributed by atoms with Crippen LogP contribution in [0.3, 0.4) is 0 Å². The molecule has 6 aliphatic rings. The molecule has 18 nitrogen and oxygen atoms in total. The number of benzene rings is 1. The molecular formula is C62H96N6O12. The number of carbonyl (C=O) groups excluding carboxylic acids is 6. The van der Waals surface area contributed by atoms with Crippen LogP contribution < -0.4 is 21.3 Å². The number of phenolic OH excluding ortho intramolecular Hbond substituents is 1. The van der Waals surface area contributed by atoms with Gasteiger partial charge >= 0.3 is 18.2 Å². The summed E-state index contributed by atoms with van der Waals surface area (Å²) in [5.41, 5.74) is 1.69. The standard InChI is InChI=1S/C62H96N6O12/c1-37(2)15-12-16-38(3)45-26-27-46-44-25-22-41-36-43(28-30-61(41,8)47(44)29-31-62(45,46)9)79-57(75)48(17-10-11-32-63-59(78)80-60(5,6)7)64-53(71)49(35-40-20-23-42(70)24-21-40)65-54(72)50-18-13-33-67(50)55(73)51-19-14-34-68(51)56(74)52(39(4)69)66-58(76)77/h20-24,37-39,43-52,66,69-70H,10-19,25-36H2,1-9H3,(H,63,78)(H,64,71)(H,65,72)(H,76,77)/t38?,39-,43+,44+,45-,46+,47+,48+,49+,50+,51+,52+,61+,62-/m1/s1. The molecule has 0 spiro atoms. The molecule has 5 fully saturated rings. The molecule has 2 aliphatic heterocycles. The monoisotopic (exact) mass is 1120 g/mol. The van der Waals surface area contributed by atoms with E-state index in [1.165, 1.54) is 79.4 Å². The van der Waals surface area contributed by atoms with E-state index in [-0.39, 0.29) is 62.6 Å². The van der Waals surface area contributed by atoms with E-state index in [4.69, 9.17) is 9.47 Å². The number of nitrogens with zero attached hydrogens (tertiary/aromatic N) is 2. The van der Waals surface area contributed by atoms with E-state index < -0.39 is 83.7 Å². The second kappa shape index (κ2) is 26.7. The lowest BCUT2D eigenvalue weighted by atomic mass is 9.47.